The number of carboxylic acids is 1. The van der Waals surface area contributed by atoms with E-state index in [1.165, 1.54) is 36.3 Å². The summed E-state index contributed by atoms with van der Waals surface area (Å²) in [6.07, 6.45) is 4.20. The Balaban J connectivity index is 1.92. The number of carbonyl (C=O) groups is 2. The van der Waals surface area contributed by atoms with Crippen LogP contribution in [0.1, 0.15) is 20.8 Å². The van der Waals surface area contributed by atoms with Gasteiger partial charge in [0.1, 0.15) is 11.5 Å². The zero-order chi connectivity index (χ0) is 20.3. The van der Waals surface area contributed by atoms with Gasteiger partial charge in [0.25, 0.3) is 11.6 Å². The molecule has 0 spiro atoms. The Bertz CT molecular complexity index is 1060. The van der Waals surface area contributed by atoms with Crippen molar-refractivity contribution < 1.29 is 24.4 Å². The van der Waals surface area contributed by atoms with Crippen molar-refractivity contribution in [3.63, 3.8) is 0 Å². The third-order valence-corrected chi connectivity index (χ3v) is 3.51. The van der Waals surface area contributed by atoms with Crippen molar-refractivity contribution in [3.05, 3.63) is 70.3 Å². The molecule has 0 radical (unpaired) electrons. The lowest BCUT2D eigenvalue weighted by atomic mass is 10.2. The SMILES string of the molecule is Cn1cc(C(=O)Nc2cc(Oc3cccnc3)cc([N+](=O)[O-])c2)c(C(=O)O)n1. The van der Waals surface area contributed by atoms with Crippen LogP contribution in [0.15, 0.2) is 48.9 Å². The van der Waals surface area contributed by atoms with Gasteiger partial charge in [-0.05, 0) is 12.1 Å². The van der Waals surface area contributed by atoms with E-state index in [1.807, 2.05) is 0 Å². The van der Waals surface area contributed by atoms with Crippen LogP contribution in [0.5, 0.6) is 11.5 Å². The number of nitrogens with zero attached hydrogens (tertiary/aromatic N) is 4. The Hall–Kier alpha value is -4.28. The van der Waals surface area contributed by atoms with Crippen LogP contribution in [-0.2, 0) is 7.05 Å². The van der Waals surface area contributed by atoms with Crippen molar-refractivity contribution in [2.75, 3.05) is 5.32 Å². The van der Waals surface area contributed by atoms with Crippen LogP contribution >= 0.6 is 0 Å². The highest BCUT2D eigenvalue weighted by Crippen LogP contribution is 2.29. The largest absolute Gasteiger partial charge is 0.476 e. The van der Waals surface area contributed by atoms with Crippen molar-refractivity contribution in [2.45, 2.75) is 0 Å². The van der Waals surface area contributed by atoms with E-state index in [2.05, 4.69) is 15.4 Å². The van der Waals surface area contributed by atoms with Gasteiger partial charge in [-0.25, -0.2) is 4.79 Å². The molecule has 3 rings (SSSR count). The van der Waals surface area contributed by atoms with Crippen molar-refractivity contribution in [2.24, 2.45) is 7.05 Å². The fourth-order valence-corrected chi connectivity index (χ4v) is 2.37. The maximum Gasteiger partial charge on any atom is 0.357 e. The predicted octanol–water partition coefficient (Wildman–Crippen LogP) is 2.47. The van der Waals surface area contributed by atoms with Crippen LogP contribution in [0.2, 0.25) is 0 Å². The highest BCUT2D eigenvalue weighted by molar-refractivity contribution is 6.10. The number of hydrogen-bond acceptors (Lipinski definition) is 7. The Morgan fingerprint density at radius 1 is 1.29 bits per heavy atom. The molecule has 2 N–H and O–H groups in total. The molecular formula is C17H13N5O6. The number of nitro benzene ring substituents is 1. The summed E-state index contributed by atoms with van der Waals surface area (Å²) < 4.78 is 6.72. The third-order valence-electron chi connectivity index (χ3n) is 3.51. The first kappa shape index (κ1) is 18.5. The molecule has 0 unspecified atom stereocenters. The molecule has 1 amide bonds. The van der Waals surface area contributed by atoms with Crippen LogP contribution in [0.4, 0.5) is 11.4 Å². The molecule has 2 heterocycles. The van der Waals surface area contributed by atoms with E-state index in [0.29, 0.717) is 5.75 Å². The lowest BCUT2D eigenvalue weighted by Gasteiger charge is -2.09. The maximum atomic E-state index is 12.5. The Morgan fingerprint density at radius 2 is 2.07 bits per heavy atom. The molecule has 0 saturated carbocycles. The molecule has 11 heteroatoms. The number of benzene rings is 1. The molecule has 0 atom stereocenters. The minimum atomic E-state index is -1.37. The summed E-state index contributed by atoms with van der Waals surface area (Å²) in [4.78, 5) is 38.1. The smallest absolute Gasteiger partial charge is 0.357 e. The molecule has 2 aromatic heterocycles. The number of carboxylic acid groups (broad SMARTS) is 1. The van der Waals surface area contributed by atoms with E-state index in [0.717, 1.165) is 6.07 Å². The second-order valence-corrected chi connectivity index (χ2v) is 5.59. The first-order valence-electron chi connectivity index (χ1n) is 7.79. The molecule has 0 bridgehead atoms. The molecule has 0 aliphatic heterocycles. The number of aryl methyl sites for hydroxylation is 1. The number of carbonyl (C=O) groups excluding carboxylic acids is 1. The number of anilines is 1. The summed E-state index contributed by atoms with van der Waals surface area (Å²) in [6, 6.07) is 6.93. The molecule has 0 aliphatic rings. The van der Waals surface area contributed by atoms with Gasteiger partial charge in [-0.1, -0.05) is 0 Å². The number of nitro groups is 1. The van der Waals surface area contributed by atoms with Crippen LogP contribution in [0.25, 0.3) is 0 Å². The number of aromatic carboxylic acids is 1. The van der Waals surface area contributed by atoms with Crippen molar-refractivity contribution in [1.29, 1.82) is 0 Å². The molecule has 0 aliphatic carbocycles. The lowest BCUT2D eigenvalue weighted by Crippen LogP contribution is -2.15. The average molecular weight is 383 g/mol. The zero-order valence-electron chi connectivity index (χ0n) is 14.4. The molecular weight excluding hydrogens is 370 g/mol. The second-order valence-electron chi connectivity index (χ2n) is 5.59. The van der Waals surface area contributed by atoms with Gasteiger partial charge in [0, 0.05) is 31.6 Å². The highest BCUT2D eigenvalue weighted by atomic mass is 16.6. The van der Waals surface area contributed by atoms with Crippen molar-refractivity contribution >= 4 is 23.3 Å². The van der Waals surface area contributed by atoms with Gasteiger partial charge in [0.05, 0.1) is 28.4 Å². The number of non-ortho nitro benzene ring substituents is 1. The first-order chi connectivity index (χ1) is 13.3. The van der Waals surface area contributed by atoms with Crippen LogP contribution < -0.4 is 10.1 Å². The maximum absolute atomic E-state index is 12.5. The van der Waals surface area contributed by atoms with Crippen LogP contribution in [0, 0.1) is 10.1 Å². The standard InChI is InChI=1S/C17H13N5O6/c1-21-9-14(15(20-21)17(24)25)16(23)19-10-5-11(22(26)27)7-13(6-10)28-12-3-2-4-18-8-12/h2-9H,1H3,(H,19,23)(H,24,25). The minimum Gasteiger partial charge on any atom is -0.476 e. The molecule has 0 fully saturated rings. The van der Waals surface area contributed by atoms with Gasteiger partial charge < -0.3 is 15.2 Å². The Labute approximate surface area is 157 Å². The normalized spacial score (nSPS) is 10.3. The fourth-order valence-electron chi connectivity index (χ4n) is 2.37. The summed E-state index contributed by atoms with van der Waals surface area (Å²) in [7, 11) is 1.47. The van der Waals surface area contributed by atoms with Crippen molar-refractivity contribution in [1.82, 2.24) is 14.8 Å². The molecule has 11 nitrogen and oxygen atoms in total. The van der Waals surface area contributed by atoms with E-state index in [-0.39, 0.29) is 22.7 Å². The summed E-state index contributed by atoms with van der Waals surface area (Å²) in [6.45, 7) is 0. The number of aromatic nitrogens is 3. The summed E-state index contributed by atoms with van der Waals surface area (Å²) in [5.41, 5.74) is -0.881. The lowest BCUT2D eigenvalue weighted by molar-refractivity contribution is -0.384. The molecule has 142 valence electrons. The zero-order valence-corrected chi connectivity index (χ0v) is 14.4. The molecule has 1 aromatic carbocycles. The molecule has 3 aromatic rings. The topological polar surface area (TPSA) is 149 Å². The van der Waals surface area contributed by atoms with Gasteiger partial charge in [-0.3, -0.25) is 24.6 Å². The monoisotopic (exact) mass is 383 g/mol. The van der Waals surface area contributed by atoms with Crippen LogP contribution in [0.3, 0.4) is 0 Å². The van der Waals surface area contributed by atoms with Gasteiger partial charge in [0.2, 0.25) is 0 Å². The van der Waals surface area contributed by atoms with Crippen LogP contribution in [-0.4, -0.2) is 36.7 Å². The third kappa shape index (κ3) is 4.09. The van der Waals surface area contributed by atoms with E-state index < -0.39 is 22.5 Å². The summed E-state index contributed by atoms with van der Waals surface area (Å²) in [5.74, 6) is -1.70. The van der Waals surface area contributed by atoms with Crippen molar-refractivity contribution in [3.8, 4) is 11.5 Å². The van der Waals surface area contributed by atoms with Gasteiger partial charge in [-0.2, -0.15) is 5.10 Å². The molecule has 0 saturated heterocycles. The van der Waals surface area contributed by atoms with Gasteiger partial charge in [-0.15, -0.1) is 0 Å². The second kappa shape index (κ2) is 7.53. The Kier molecular flexibility index (Phi) is 4.98. The first-order valence-corrected chi connectivity index (χ1v) is 7.79. The summed E-state index contributed by atoms with van der Waals surface area (Å²) >= 11 is 0. The van der Waals surface area contributed by atoms with Gasteiger partial charge >= 0.3 is 5.97 Å². The molecule has 28 heavy (non-hydrogen) atoms. The number of amides is 1. The van der Waals surface area contributed by atoms with E-state index in [9.17, 15) is 19.7 Å². The fraction of sp³-hybridized carbons (Fsp3) is 0.0588. The number of nitrogens with one attached hydrogen (secondary N) is 1. The quantitative estimate of drug-likeness (QED) is 0.487. The van der Waals surface area contributed by atoms with Gasteiger partial charge in [0.15, 0.2) is 5.69 Å². The minimum absolute atomic E-state index is 0.0540. The number of rotatable bonds is 6. The highest BCUT2D eigenvalue weighted by Gasteiger charge is 2.22. The predicted molar refractivity (Wildman–Crippen MR) is 95.5 cm³/mol. The number of hydrogen-bond donors (Lipinski definition) is 2. The summed E-state index contributed by atoms with van der Waals surface area (Å²) in [5, 5.41) is 26.5. The van der Waals surface area contributed by atoms with E-state index in [4.69, 9.17) is 9.84 Å². The Morgan fingerprint density at radius 3 is 2.71 bits per heavy atom. The number of ether oxygens (including phenoxy) is 1. The average Bonchev–Trinajstić information content (AvgIpc) is 3.04. The van der Waals surface area contributed by atoms with E-state index >= 15 is 0 Å². The van der Waals surface area contributed by atoms with E-state index in [1.54, 1.807) is 18.3 Å². The number of pyridine rings is 1.